The second-order valence-corrected chi connectivity index (χ2v) is 4.11. The molecule has 0 aromatic carbocycles. The molecule has 0 heterocycles. The minimum atomic E-state index is -0.739. The van der Waals surface area contributed by atoms with Crippen LogP contribution in [-0.2, 0) is 14.2 Å². The minimum absolute atomic E-state index is 0.0760. The number of nitrogens with two attached hydrogens (primary N) is 1. The Morgan fingerprint density at radius 1 is 1.11 bits per heavy atom. The Morgan fingerprint density at radius 2 is 1.78 bits per heavy atom. The lowest BCUT2D eigenvalue weighted by molar-refractivity contribution is -0.248. The molecular formula is C12H29N3O3. The quantitative estimate of drug-likeness (QED) is 0.327. The fourth-order valence-electron chi connectivity index (χ4n) is 1.96. The van der Waals surface area contributed by atoms with Crippen LogP contribution >= 0.6 is 0 Å². The van der Waals surface area contributed by atoms with Crippen molar-refractivity contribution < 1.29 is 14.2 Å². The Labute approximate surface area is 111 Å². The molecule has 0 aromatic rings. The molecule has 4 N–H and O–H groups in total. The number of methoxy groups -OCH3 is 3. The van der Waals surface area contributed by atoms with Crippen LogP contribution in [0, 0.1) is 0 Å². The van der Waals surface area contributed by atoms with Crippen LogP contribution in [0.3, 0.4) is 0 Å². The van der Waals surface area contributed by atoms with E-state index in [2.05, 4.69) is 17.6 Å². The summed E-state index contributed by atoms with van der Waals surface area (Å²) in [6, 6.07) is 0.0760. The van der Waals surface area contributed by atoms with Crippen molar-refractivity contribution in [3.8, 4) is 0 Å². The zero-order chi connectivity index (χ0) is 13.9. The molecule has 0 bridgehead atoms. The Kier molecular flexibility index (Phi) is 10.5. The second kappa shape index (κ2) is 10.7. The summed E-state index contributed by atoms with van der Waals surface area (Å²) < 4.78 is 16.2. The van der Waals surface area contributed by atoms with Gasteiger partial charge in [0.2, 0.25) is 5.79 Å². The number of ether oxygens (including phenoxy) is 3. The molecule has 0 aliphatic rings. The number of rotatable bonds is 12. The normalized spacial score (nSPS) is 13.8. The van der Waals surface area contributed by atoms with E-state index in [-0.39, 0.29) is 6.04 Å². The third kappa shape index (κ3) is 5.60. The van der Waals surface area contributed by atoms with Gasteiger partial charge in [-0.3, -0.25) is 0 Å². The van der Waals surface area contributed by atoms with E-state index in [1.165, 1.54) is 0 Å². The van der Waals surface area contributed by atoms with E-state index in [1.807, 2.05) is 0 Å². The van der Waals surface area contributed by atoms with Crippen LogP contribution in [-0.4, -0.2) is 65.9 Å². The first-order valence-corrected chi connectivity index (χ1v) is 6.44. The van der Waals surface area contributed by atoms with Gasteiger partial charge in [-0.1, -0.05) is 6.92 Å². The minimum Gasteiger partial charge on any atom is -0.379 e. The van der Waals surface area contributed by atoms with Crippen LogP contribution in [0.25, 0.3) is 0 Å². The molecule has 0 rings (SSSR count). The fourth-order valence-corrected chi connectivity index (χ4v) is 1.96. The van der Waals surface area contributed by atoms with Crippen LogP contribution < -0.4 is 16.4 Å². The number of nitrogens with one attached hydrogen (secondary N) is 2. The van der Waals surface area contributed by atoms with Crippen molar-refractivity contribution in [2.75, 3.05) is 54.1 Å². The van der Waals surface area contributed by atoms with E-state index in [0.717, 1.165) is 26.1 Å². The van der Waals surface area contributed by atoms with Gasteiger partial charge in [-0.2, -0.15) is 0 Å². The second-order valence-electron chi connectivity index (χ2n) is 4.11. The Balaban J connectivity index is 4.24. The van der Waals surface area contributed by atoms with Crippen molar-refractivity contribution >= 4 is 0 Å². The predicted molar refractivity (Wildman–Crippen MR) is 72.6 cm³/mol. The van der Waals surface area contributed by atoms with Gasteiger partial charge < -0.3 is 30.6 Å². The standard InChI is InChI=1S/C12H29N3O3/c1-5-11(15-9-8-14-7-6-13)12(17-3,18-4)10-16-2/h11,14-15H,5-10,13H2,1-4H3. The van der Waals surface area contributed by atoms with Gasteiger partial charge in [-0.25, -0.2) is 0 Å². The maximum atomic E-state index is 5.51. The zero-order valence-electron chi connectivity index (χ0n) is 12.1. The van der Waals surface area contributed by atoms with Gasteiger partial charge >= 0.3 is 0 Å². The maximum absolute atomic E-state index is 5.51. The molecule has 0 spiro atoms. The van der Waals surface area contributed by atoms with E-state index in [0.29, 0.717) is 13.2 Å². The molecule has 18 heavy (non-hydrogen) atoms. The average Bonchev–Trinajstić information content (AvgIpc) is 2.41. The van der Waals surface area contributed by atoms with Gasteiger partial charge in [0, 0.05) is 47.5 Å². The number of hydrogen-bond acceptors (Lipinski definition) is 6. The van der Waals surface area contributed by atoms with Gasteiger partial charge in [-0.15, -0.1) is 0 Å². The van der Waals surface area contributed by atoms with Gasteiger partial charge in [0.15, 0.2) is 0 Å². The van der Waals surface area contributed by atoms with E-state index >= 15 is 0 Å². The predicted octanol–water partition coefficient (Wildman–Crippen LogP) is -0.462. The van der Waals surface area contributed by atoms with E-state index < -0.39 is 5.79 Å². The lowest BCUT2D eigenvalue weighted by atomic mass is 10.0. The molecule has 0 fully saturated rings. The first kappa shape index (κ1) is 17.8. The molecule has 1 atom stereocenters. The Bertz CT molecular complexity index is 189. The van der Waals surface area contributed by atoms with Crippen molar-refractivity contribution in [3.63, 3.8) is 0 Å². The van der Waals surface area contributed by atoms with Crippen molar-refractivity contribution in [1.29, 1.82) is 0 Å². The van der Waals surface area contributed by atoms with Crippen molar-refractivity contribution in [1.82, 2.24) is 10.6 Å². The molecule has 0 radical (unpaired) electrons. The van der Waals surface area contributed by atoms with Gasteiger partial charge in [0.05, 0.1) is 6.04 Å². The van der Waals surface area contributed by atoms with E-state index in [4.69, 9.17) is 19.9 Å². The summed E-state index contributed by atoms with van der Waals surface area (Å²) >= 11 is 0. The summed E-state index contributed by atoms with van der Waals surface area (Å²) in [7, 11) is 4.92. The first-order valence-electron chi connectivity index (χ1n) is 6.44. The van der Waals surface area contributed by atoms with Crippen molar-refractivity contribution in [2.24, 2.45) is 5.73 Å². The van der Waals surface area contributed by atoms with Gasteiger partial charge in [-0.05, 0) is 6.42 Å². The van der Waals surface area contributed by atoms with Crippen LogP contribution in [0.2, 0.25) is 0 Å². The molecule has 110 valence electrons. The molecule has 0 aliphatic heterocycles. The summed E-state index contributed by atoms with van der Waals surface area (Å²) in [5.74, 6) is -0.739. The highest BCUT2D eigenvalue weighted by Crippen LogP contribution is 2.19. The molecule has 0 saturated carbocycles. The van der Waals surface area contributed by atoms with Crippen molar-refractivity contribution in [2.45, 2.75) is 25.2 Å². The highest BCUT2D eigenvalue weighted by atomic mass is 16.7. The molecule has 0 aromatic heterocycles. The molecule has 0 amide bonds. The summed E-state index contributed by atoms with van der Waals surface area (Å²) in [6.45, 7) is 5.66. The van der Waals surface area contributed by atoms with Gasteiger partial charge in [0.25, 0.3) is 0 Å². The Morgan fingerprint density at radius 3 is 2.22 bits per heavy atom. The Hall–Kier alpha value is -0.240. The van der Waals surface area contributed by atoms with E-state index in [9.17, 15) is 0 Å². The van der Waals surface area contributed by atoms with E-state index in [1.54, 1.807) is 21.3 Å². The molecule has 6 heteroatoms. The fraction of sp³-hybridized carbons (Fsp3) is 1.00. The van der Waals surface area contributed by atoms with Crippen LogP contribution in [0.15, 0.2) is 0 Å². The highest BCUT2D eigenvalue weighted by Gasteiger charge is 2.38. The first-order chi connectivity index (χ1) is 8.70. The third-order valence-corrected chi connectivity index (χ3v) is 2.99. The summed E-state index contributed by atoms with van der Waals surface area (Å²) in [5.41, 5.74) is 5.41. The largest absolute Gasteiger partial charge is 0.379 e. The molecule has 0 saturated heterocycles. The maximum Gasteiger partial charge on any atom is 0.207 e. The monoisotopic (exact) mass is 263 g/mol. The summed E-state index contributed by atoms with van der Waals surface area (Å²) in [6.07, 6.45) is 0.891. The molecule has 1 unspecified atom stereocenters. The molecular weight excluding hydrogens is 234 g/mol. The van der Waals surface area contributed by atoms with Crippen molar-refractivity contribution in [3.05, 3.63) is 0 Å². The smallest absolute Gasteiger partial charge is 0.207 e. The molecule has 6 nitrogen and oxygen atoms in total. The lowest BCUT2D eigenvalue weighted by Crippen LogP contribution is -2.57. The van der Waals surface area contributed by atoms with Crippen LogP contribution in [0.5, 0.6) is 0 Å². The summed E-state index contributed by atoms with van der Waals surface area (Å²) in [5, 5.41) is 6.66. The summed E-state index contributed by atoms with van der Waals surface area (Å²) in [4.78, 5) is 0. The SMILES string of the molecule is CCC(NCCNCCN)C(COC)(OC)OC. The molecule has 0 aliphatic carbocycles. The topological polar surface area (TPSA) is 77.8 Å². The number of hydrogen-bond donors (Lipinski definition) is 3. The lowest BCUT2D eigenvalue weighted by Gasteiger charge is -2.37. The highest BCUT2D eigenvalue weighted by molar-refractivity contribution is 4.84. The third-order valence-electron chi connectivity index (χ3n) is 2.99. The van der Waals surface area contributed by atoms with Crippen LogP contribution in [0.4, 0.5) is 0 Å². The average molecular weight is 263 g/mol. The zero-order valence-corrected chi connectivity index (χ0v) is 12.1. The van der Waals surface area contributed by atoms with Crippen LogP contribution in [0.1, 0.15) is 13.3 Å². The van der Waals surface area contributed by atoms with Gasteiger partial charge in [0.1, 0.15) is 6.61 Å².